The fraction of sp³-hybridized carbons (Fsp3) is 0.500. The third-order valence-corrected chi connectivity index (χ3v) is 4.27. The number of hydrogen-bond donors (Lipinski definition) is 2. The molecule has 2 aromatic heterocycles. The average molecular weight is 349 g/mol. The highest BCUT2D eigenvalue weighted by molar-refractivity contribution is 9.10. The molecule has 0 aromatic carbocycles. The molecule has 0 atom stereocenters. The van der Waals surface area contributed by atoms with Crippen LogP contribution in [0.4, 0.5) is 11.6 Å². The van der Waals surface area contributed by atoms with Gasteiger partial charge in [-0.15, -0.1) is 0 Å². The first kappa shape index (κ1) is 13.2. The van der Waals surface area contributed by atoms with Crippen molar-refractivity contribution in [1.82, 2.24) is 20.3 Å². The first-order valence-electron chi connectivity index (χ1n) is 7.35. The van der Waals surface area contributed by atoms with E-state index in [-0.39, 0.29) is 0 Å². The van der Waals surface area contributed by atoms with E-state index in [1.807, 2.05) is 6.07 Å². The van der Waals surface area contributed by atoms with Crippen molar-refractivity contribution in [1.29, 1.82) is 0 Å². The minimum atomic E-state index is 0.557. The molecular formula is C14H17BrN6. The number of nitrogens with zero attached hydrogens (tertiary/aromatic N) is 4. The zero-order chi connectivity index (χ0) is 14.2. The lowest BCUT2D eigenvalue weighted by molar-refractivity contribution is 0.585. The number of piperazine rings is 1. The van der Waals surface area contributed by atoms with E-state index in [9.17, 15) is 0 Å². The molecule has 1 saturated heterocycles. The van der Waals surface area contributed by atoms with Crippen LogP contribution in [-0.2, 0) is 0 Å². The number of aromatic nitrogens is 3. The Bertz CT molecular complexity index is 666. The monoisotopic (exact) mass is 348 g/mol. The fourth-order valence-electron chi connectivity index (χ4n) is 2.54. The lowest BCUT2D eigenvalue weighted by atomic mass is 10.3. The van der Waals surface area contributed by atoms with Gasteiger partial charge in [0.05, 0.1) is 11.7 Å². The van der Waals surface area contributed by atoms with Crippen molar-refractivity contribution in [2.75, 3.05) is 36.4 Å². The van der Waals surface area contributed by atoms with Crippen LogP contribution in [0.3, 0.4) is 0 Å². The molecule has 1 saturated carbocycles. The number of rotatable bonds is 3. The highest BCUT2D eigenvalue weighted by Crippen LogP contribution is 2.31. The van der Waals surface area contributed by atoms with Gasteiger partial charge in [-0.25, -0.2) is 15.0 Å². The summed E-state index contributed by atoms with van der Waals surface area (Å²) in [5.74, 6) is 1.87. The normalized spacial score (nSPS) is 19.0. The highest BCUT2D eigenvalue weighted by atomic mass is 79.9. The molecule has 0 unspecified atom stereocenters. The van der Waals surface area contributed by atoms with Crippen LogP contribution in [0.5, 0.6) is 0 Å². The first-order valence-corrected chi connectivity index (χ1v) is 8.14. The summed E-state index contributed by atoms with van der Waals surface area (Å²) in [6.45, 7) is 3.91. The Morgan fingerprint density at radius 3 is 2.76 bits per heavy atom. The maximum absolute atomic E-state index is 4.84. The van der Waals surface area contributed by atoms with Crippen molar-refractivity contribution in [3.8, 4) is 0 Å². The quantitative estimate of drug-likeness (QED) is 0.824. The zero-order valence-electron chi connectivity index (χ0n) is 11.6. The predicted molar refractivity (Wildman–Crippen MR) is 86.8 cm³/mol. The van der Waals surface area contributed by atoms with Gasteiger partial charge in [0.25, 0.3) is 0 Å². The molecule has 0 bridgehead atoms. The largest absolute Gasteiger partial charge is 0.364 e. The summed E-state index contributed by atoms with van der Waals surface area (Å²) < 4.78 is 0.790. The molecule has 6 nitrogen and oxygen atoms in total. The lowest BCUT2D eigenvalue weighted by Gasteiger charge is -2.29. The van der Waals surface area contributed by atoms with Gasteiger partial charge in [0, 0.05) is 32.2 Å². The van der Waals surface area contributed by atoms with Crippen molar-refractivity contribution in [3.05, 3.63) is 16.9 Å². The summed E-state index contributed by atoms with van der Waals surface area (Å²) in [4.78, 5) is 16.2. The molecule has 2 aliphatic rings. The smallest absolute Gasteiger partial charge is 0.172 e. The van der Waals surface area contributed by atoms with Crippen LogP contribution >= 0.6 is 15.9 Å². The lowest BCUT2D eigenvalue weighted by Crippen LogP contribution is -2.44. The van der Waals surface area contributed by atoms with E-state index in [2.05, 4.69) is 36.4 Å². The second-order valence-corrected chi connectivity index (χ2v) is 6.36. The van der Waals surface area contributed by atoms with E-state index in [0.29, 0.717) is 6.04 Å². The number of hydrogen-bond acceptors (Lipinski definition) is 6. The Labute approximate surface area is 131 Å². The summed E-state index contributed by atoms with van der Waals surface area (Å²) in [5, 5.41) is 6.89. The number of pyridine rings is 1. The molecule has 0 amide bonds. The minimum Gasteiger partial charge on any atom is -0.364 e. The maximum atomic E-state index is 4.84. The summed E-state index contributed by atoms with van der Waals surface area (Å²) in [6, 6.07) is 2.48. The summed E-state index contributed by atoms with van der Waals surface area (Å²) in [5.41, 5.74) is 1.71. The standard InChI is InChI=1S/C14H17BrN6/c15-12-7-10-11(8-17-12)19-13(18-9-1-2-9)14(20-10)21-5-3-16-4-6-21/h7-9,16H,1-6H2,(H,18,19). The van der Waals surface area contributed by atoms with Crippen LogP contribution in [0, 0.1) is 0 Å². The SMILES string of the molecule is Brc1cc2nc(N3CCNCC3)c(NC3CC3)nc2cn1. The number of halogens is 1. The molecule has 0 spiro atoms. The van der Waals surface area contributed by atoms with Gasteiger partial charge in [0.2, 0.25) is 0 Å². The summed E-state index contributed by atoms with van der Waals surface area (Å²) in [6.07, 6.45) is 4.21. The Hall–Kier alpha value is -1.47. The first-order chi connectivity index (χ1) is 10.3. The number of fused-ring (bicyclic) bond motifs is 1. The van der Waals surface area contributed by atoms with Gasteiger partial charge >= 0.3 is 0 Å². The van der Waals surface area contributed by atoms with Crippen LogP contribution in [0.15, 0.2) is 16.9 Å². The van der Waals surface area contributed by atoms with Crippen molar-refractivity contribution in [3.63, 3.8) is 0 Å². The van der Waals surface area contributed by atoms with Crippen LogP contribution in [0.25, 0.3) is 11.0 Å². The van der Waals surface area contributed by atoms with Gasteiger partial charge in [-0.3, -0.25) is 0 Å². The number of anilines is 2. The molecule has 0 radical (unpaired) electrons. The minimum absolute atomic E-state index is 0.557. The van der Waals surface area contributed by atoms with E-state index in [1.54, 1.807) is 6.20 Å². The molecule has 2 fully saturated rings. The molecule has 1 aliphatic heterocycles. The van der Waals surface area contributed by atoms with Gasteiger partial charge in [-0.05, 0) is 34.8 Å². The number of nitrogens with one attached hydrogen (secondary N) is 2. The average Bonchev–Trinajstić information content (AvgIpc) is 3.32. The molecule has 4 rings (SSSR count). The molecule has 2 N–H and O–H groups in total. The van der Waals surface area contributed by atoms with Crippen LogP contribution < -0.4 is 15.5 Å². The van der Waals surface area contributed by atoms with Crippen LogP contribution in [0.1, 0.15) is 12.8 Å². The Morgan fingerprint density at radius 2 is 2.00 bits per heavy atom. The van der Waals surface area contributed by atoms with Crippen LogP contribution in [-0.4, -0.2) is 47.2 Å². The predicted octanol–water partition coefficient (Wildman–Crippen LogP) is 1.77. The molecule has 2 aromatic rings. The van der Waals surface area contributed by atoms with Crippen molar-refractivity contribution in [2.45, 2.75) is 18.9 Å². The summed E-state index contributed by atoms with van der Waals surface area (Å²) in [7, 11) is 0. The van der Waals surface area contributed by atoms with E-state index in [0.717, 1.165) is 53.5 Å². The Kier molecular flexibility index (Phi) is 3.39. The Morgan fingerprint density at radius 1 is 1.19 bits per heavy atom. The van der Waals surface area contributed by atoms with Gasteiger partial charge in [0.1, 0.15) is 10.1 Å². The van der Waals surface area contributed by atoms with E-state index in [1.165, 1.54) is 12.8 Å². The molecule has 110 valence electrons. The fourth-order valence-corrected chi connectivity index (χ4v) is 2.86. The van der Waals surface area contributed by atoms with Crippen LogP contribution in [0.2, 0.25) is 0 Å². The second kappa shape index (κ2) is 5.38. The van der Waals surface area contributed by atoms with E-state index < -0.39 is 0 Å². The molecular weight excluding hydrogens is 332 g/mol. The third-order valence-electron chi connectivity index (χ3n) is 3.83. The van der Waals surface area contributed by atoms with Crippen molar-refractivity contribution < 1.29 is 0 Å². The van der Waals surface area contributed by atoms with Gasteiger partial charge in [-0.1, -0.05) is 0 Å². The van der Waals surface area contributed by atoms with Gasteiger partial charge < -0.3 is 15.5 Å². The van der Waals surface area contributed by atoms with Gasteiger partial charge in [0.15, 0.2) is 11.6 Å². The van der Waals surface area contributed by atoms with E-state index in [4.69, 9.17) is 9.97 Å². The molecule has 7 heteroatoms. The molecule has 1 aliphatic carbocycles. The molecule has 3 heterocycles. The molecule has 21 heavy (non-hydrogen) atoms. The maximum Gasteiger partial charge on any atom is 0.172 e. The zero-order valence-corrected chi connectivity index (χ0v) is 13.2. The summed E-state index contributed by atoms with van der Waals surface area (Å²) >= 11 is 3.40. The highest BCUT2D eigenvalue weighted by Gasteiger charge is 2.25. The van der Waals surface area contributed by atoms with Crippen molar-refractivity contribution >= 4 is 38.6 Å². The van der Waals surface area contributed by atoms with E-state index >= 15 is 0 Å². The second-order valence-electron chi connectivity index (χ2n) is 5.55. The topological polar surface area (TPSA) is 66.0 Å². The van der Waals surface area contributed by atoms with Gasteiger partial charge in [-0.2, -0.15) is 0 Å². The van der Waals surface area contributed by atoms with Crippen molar-refractivity contribution in [2.24, 2.45) is 0 Å². The Balaban J connectivity index is 1.79. The third kappa shape index (κ3) is 2.80.